The van der Waals surface area contributed by atoms with E-state index in [1.807, 2.05) is 13.8 Å². The molecular weight excluding hydrogens is 230 g/mol. The van der Waals surface area contributed by atoms with Crippen LogP contribution in [0.25, 0.3) is 0 Å². The predicted molar refractivity (Wildman–Crippen MR) is 65.8 cm³/mol. The number of ether oxygens (including phenoxy) is 2. The molecule has 0 aliphatic carbocycles. The second-order valence-electron chi connectivity index (χ2n) is 3.80. The molecule has 0 spiro atoms. The van der Waals surface area contributed by atoms with E-state index in [9.17, 15) is 5.11 Å². The molecule has 0 amide bonds. The van der Waals surface area contributed by atoms with Crippen LogP contribution in [0.3, 0.4) is 0 Å². The maximum absolute atomic E-state index is 9.47. The molecule has 0 aromatic carbocycles. The van der Waals surface area contributed by atoms with Crippen LogP contribution in [-0.2, 0) is 9.47 Å². The summed E-state index contributed by atoms with van der Waals surface area (Å²) in [5.41, 5.74) is 0. The lowest BCUT2D eigenvalue weighted by molar-refractivity contribution is -0.00977. The van der Waals surface area contributed by atoms with Crippen LogP contribution in [0.2, 0.25) is 0 Å². The van der Waals surface area contributed by atoms with E-state index in [4.69, 9.17) is 21.1 Å². The van der Waals surface area contributed by atoms with Crippen molar-refractivity contribution in [3.05, 3.63) is 11.6 Å². The van der Waals surface area contributed by atoms with E-state index in [-0.39, 0.29) is 6.10 Å². The van der Waals surface area contributed by atoms with Gasteiger partial charge in [-0.25, -0.2) is 0 Å². The molecule has 1 atom stereocenters. The number of hydrogen-bond donors (Lipinski definition) is 2. The standard InChI is InChI=1S/C11H22ClNO3/c1-9(2)16-5-4-15-8-11(14)7-13-6-10(3)12/h9,11,13-14H,3-8H2,1-2H3. The van der Waals surface area contributed by atoms with Crippen molar-refractivity contribution in [1.29, 1.82) is 0 Å². The normalized spacial score (nSPS) is 13.1. The Kier molecular flexibility index (Phi) is 9.97. The van der Waals surface area contributed by atoms with Crippen molar-refractivity contribution in [3.63, 3.8) is 0 Å². The molecule has 1 unspecified atom stereocenters. The van der Waals surface area contributed by atoms with Crippen molar-refractivity contribution >= 4 is 11.6 Å². The van der Waals surface area contributed by atoms with Gasteiger partial charge in [-0.3, -0.25) is 0 Å². The first kappa shape index (κ1) is 15.9. The largest absolute Gasteiger partial charge is 0.389 e. The fourth-order valence-electron chi connectivity index (χ4n) is 0.995. The Morgan fingerprint density at radius 3 is 2.69 bits per heavy atom. The third-order valence-corrected chi connectivity index (χ3v) is 1.82. The monoisotopic (exact) mass is 251 g/mol. The van der Waals surface area contributed by atoms with Crippen LogP contribution in [0.4, 0.5) is 0 Å². The molecule has 0 saturated heterocycles. The van der Waals surface area contributed by atoms with Crippen LogP contribution in [0.5, 0.6) is 0 Å². The highest BCUT2D eigenvalue weighted by molar-refractivity contribution is 6.29. The molecule has 0 bridgehead atoms. The van der Waals surface area contributed by atoms with Gasteiger partial charge in [-0.15, -0.1) is 0 Å². The van der Waals surface area contributed by atoms with Crippen LogP contribution >= 0.6 is 11.6 Å². The van der Waals surface area contributed by atoms with Gasteiger partial charge in [-0.2, -0.15) is 0 Å². The maximum Gasteiger partial charge on any atom is 0.0897 e. The Hall–Kier alpha value is -0.130. The van der Waals surface area contributed by atoms with Gasteiger partial charge in [0.2, 0.25) is 0 Å². The minimum atomic E-state index is -0.532. The van der Waals surface area contributed by atoms with Crippen LogP contribution in [0.1, 0.15) is 13.8 Å². The first-order chi connectivity index (χ1) is 7.52. The van der Waals surface area contributed by atoms with Crippen LogP contribution in [0.15, 0.2) is 11.6 Å². The quantitative estimate of drug-likeness (QED) is 0.572. The third-order valence-electron chi connectivity index (χ3n) is 1.69. The van der Waals surface area contributed by atoms with Gasteiger partial charge in [0.1, 0.15) is 0 Å². The first-order valence-electron chi connectivity index (χ1n) is 5.43. The van der Waals surface area contributed by atoms with Gasteiger partial charge in [0.15, 0.2) is 0 Å². The highest BCUT2D eigenvalue weighted by Crippen LogP contribution is 1.93. The highest BCUT2D eigenvalue weighted by Gasteiger charge is 2.03. The predicted octanol–water partition coefficient (Wildman–Crippen LogP) is 1.13. The molecule has 5 heteroatoms. The van der Waals surface area contributed by atoms with Gasteiger partial charge in [0.05, 0.1) is 32.0 Å². The lowest BCUT2D eigenvalue weighted by atomic mass is 10.4. The fraction of sp³-hybridized carbons (Fsp3) is 0.818. The summed E-state index contributed by atoms with van der Waals surface area (Å²) < 4.78 is 10.5. The molecule has 2 N–H and O–H groups in total. The number of rotatable bonds is 10. The molecule has 4 nitrogen and oxygen atoms in total. The second kappa shape index (κ2) is 10.1. The molecule has 0 aliphatic heterocycles. The summed E-state index contributed by atoms with van der Waals surface area (Å²) in [6.45, 7) is 9.75. The summed E-state index contributed by atoms with van der Waals surface area (Å²) in [5, 5.41) is 12.9. The SMILES string of the molecule is C=C(Cl)CNCC(O)COCCOC(C)C. The number of halogens is 1. The highest BCUT2D eigenvalue weighted by atomic mass is 35.5. The maximum atomic E-state index is 9.47. The van der Waals surface area contributed by atoms with E-state index in [0.29, 0.717) is 37.9 Å². The summed E-state index contributed by atoms with van der Waals surface area (Å²) in [6, 6.07) is 0. The van der Waals surface area contributed by atoms with Gasteiger partial charge >= 0.3 is 0 Å². The molecule has 0 aromatic rings. The number of aliphatic hydroxyl groups is 1. The number of aliphatic hydroxyl groups excluding tert-OH is 1. The van der Waals surface area contributed by atoms with Crippen LogP contribution in [0, 0.1) is 0 Å². The van der Waals surface area contributed by atoms with Crippen LogP contribution < -0.4 is 5.32 Å². The van der Waals surface area contributed by atoms with Gasteiger partial charge in [0.25, 0.3) is 0 Å². The van der Waals surface area contributed by atoms with Crippen molar-refractivity contribution in [3.8, 4) is 0 Å². The van der Waals surface area contributed by atoms with Crippen molar-refractivity contribution in [1.82, 2.24) is 5.32 Å². The Bertz CT molecular complexity index is 188. The summed E-state index contributed by atoms with van der Waals surface area (Å²) >= 11 is 5.55. The third kappa shape index (κ3) is 11.9. The Morgan fingerprint density at radius 2 is 2.12 bits per heavy atom. The van der Waals surface area contributed by atoms with Gasteiger partial charge in [0, 0.05) is 18.1 Å². The smallest absolute Gasteiger partial charge is 0.0897 e. The number of nitrogens with one attached hydrogen (secondary N) is 1. The molecular formula is C11H22ClNO3. The van der Waals surface area contributed by atoms with Gasteiger partial charge in [-0.1, -0.05) is 18.2 Å². The zero-order chi connectivity index (χ0) is 12.4. The topological polar surface area (TPSA) is 50.7 Å². The van der Waals surface area contributed by atoms with Crippen molar-refractivity contribution < 1.29 is 14.6 Å². The Balaban J connectivity index is 3.23. The summed E-state index contributed by atoms with van der Waals surface area (Å²) in [5.74, 6) is 0. The summed E-state index contributed by atoms with van der Waals surface area (Å²) in [4.78, 5) is 0. The molecule has 0 rings (SSSR count). The molecule has 0 aliphatic rings. The second-order valence-corrected chi connectivity index (χ2v) is 4.33. The van der Waals surface area contributed by atoms with E-state index in [0.717, 1.165) is 0 Å². The average Bonchev–Trinajstić information content (AvgIpc) is 2.16. The van der Waals surface area contributed by atoms with Crippen molar-refractivity contribution in [2.45, 2.75) is 26.1 Å². The number of hydrogen-bond acceptors (Lipinski definition) is 4. The van der Waals surface area contributed by atoms with Crippen molar-refractivity contribution in [2.75, 3.05) is 32.9 Å². The lowest BCUT2D eigenvalue weighted by Crippen LogP contribution is -2.31. The molecule has 0 radical (unpaired) electrons. The zero-order valence-corrected chi connectivity index (χ0v) is 10.8. The molecule has 0 heterocycles. The Morgan fingerprint density at radius 1 is 1.44 bits per heavy atom. The first-order valence-corrected chi connectivity index (χ1v) is 5.81. The molecule has 0 saturated carbocycles. The van der Waals surface area contributed by atoms with Crippen molar-refractivity contribution in [2.24, 2.45) is 0 Å². The van der Waals surface area contributed by atoms with Gasteiger partial charge in [-0.05, 0) is 13.8 Å². The van der Waals surface area contributed by atoms with E-state index in [2.05, 4.69) is 11.9 Å². The zero-order valence-electron chi connectivity index (χ0n) is 10.0. The summed E-state index contributed by atoms with van der Waals surface area (Å²) in [7, 11) is 0. The minimum absolute atomic E-state index is 0.213. The van der Waals surface area contributed by atoms with Gasteiger partial charge < -0.3 is 19.9 Å². The van der Waals surface area contributed by atoms with Crippen LogP contribution in [-0.4, -0.2) is 50.2 Å². The average molecular weight is 252 g/mol. The molecule has 16 heavy (non-hydrogen) atoms. The van der Waals surface area contributed by atoms with E-state index >= 15 is 0 Å². The lowest BCUT2D eigenvalue weighted by Gasteiger charge is -2.12. The van der Waals surface area contributed by atoms with E-state index < -0.39 is 6.10 Å². The molecule has 96 valence electrons. The van der Waals surface area contributed by atoms with E-state index in [1.54, 1.807) is 0 Å². The molecule has 0 aromatic heterocycles. The minimum Gasteiger partial charge on any atom is -0.389 e. The fourth-order valence-corrected chi connectivity index (χ4v) is 1.09. The molecule has 0 fully saturated rings. The Labute approximate surface area is 103 Å². The summed E-state index contributed by atoms with van der Waals surface area (Å²) in [6.07, 6.45) is -0.319. The van der Waals surface area contributed by atoms with E-state index in [1.165, 1.54) is 0 Å².